The monoisotopic (exact) mass is 289 g/mol. The van der Waals surface area contributed by atoms with Gasteiger partial charge in [0.15, 0.2) is 0 Å². The highest BCUT2D eigenvalue weighted by molar-refractivity contribution is 7.10. The molecule has 1 aromatic carbocycles. The number of aryl methyl sites for hydroxylation is 1. The van der Waals surface area contributed by atoms with Crippen molar-refractivity contribution in [1.29, 1.82) is 0 Å². The Kier molecular flexibility index (Phi) is 5.35. The maximum absolute atomic E-state index is 10.1. The van der Waals surface area contributed by atoms with Crippen LogP contribution in [0, 0.1) is 0 Å². The van der Waals surface area contributed by atoms with Crippen LogP contribution in [0.1, 0.15) is 36.8 Å². The molecular formula is C17H23NOS. The molecule has 1 unspecified atom stereocenters. The normalized spacial score (nSPS) is 13.3. The van der Waals surface area contributed by atoms with Crippen LogP contribution in [0.5, 0.6) is 0 Å². The lowest BCUT2D eigenvalue weighted by Gasteiger charge is -2.27. The Labute approximate surface area is 125 Å². The largest absolute Gasteiger partial charge is 0.386 e. The highest BCUT2D eigenvalue weighted by Gasteiger charge is 2.19. The van der Waals surface area contributed by atoms with Gasteiger partial charge in [-0.15, -0.1) is 11.3 Å². The topological polar surface area (TPSA) is 32.3 Å². The van der Waals surface area contributed by atoms with E-state index < -0.39 is 6.10 Å². The lowest BCUT2D eigenvalue weighted by molar-refractivity contribution is 0.162. The Morgan fingerprint density at radius 1 is 1.15 bits per heavy atom. The third-order valence-electron chi connectivity index (χ3n) is 3.53. The number of rotatable bonds is 7. The smallest absolute Gasteiger partial charge is 0.101 e. The van der Waals surface area contributed by atoms with Gasteiger partial charge in [-0.3, -0.25) is 0 Å². The summed E-state index contributed by atoms with van der Waals surface area (Å²) in [6.45, 7) is 4.98. The average Bonchev–Trinajstić information content (AvgIpc) is 2.98. The van der Waals surface area contributed by atoms with Crippen molar-refractivity contribution in [2.75, 3.05) is 6.54 Å². The van der Waals surface area contributed by atoms with Gasteiger partial charge >= 0.3 is 0 Å². The van der Waals surface area contributed by atoms with Gasteiger partial charge in [0.1, 0.15) is 6.10 Å². The predicted octanol–water partition coefficient (Wildman–Crippen LogP) is 3.78. The van der Waals surface area contributed by atoms with Crippen molar-refractivity contribution in [3.05, 3.63) is 58.3 Å². The molecule has 0 radical (unpaired) electrons. The summed E-state index contributed by atoms with van der Waals surface area (Å²) in [5.41, 5.74) is 1.38. The number of aliphatic hydroxyl groups is 1. The standard InChI is InChI=1S/C17H23NOS/c1-17(2,11-10-14-7-4-3-5-8-14)18-13-15(19)16-9-6-12-20-16/h3-9,12,15,18-19H,10-11,13H2,1-2H3. The number of β-amino-alcohol motifs (C(OH)–C–C–N with tert-alkyl or cyclic N) is 1. The predicted molar refractivity (Wildman–Crippen MR) is 86.1 cm³/mol. The van der Waals surface area contributed by atoms with E-state index in [1.165, 1.54) is 5.56 Å². The van der Waals surface area contributed by atoms with Crippen molar-refractivity contribution in [2.24, 2.45) is 0 Å². The molecule has 0 amide bonds. The maximum Gasteiger partial charge on any atom is 0.101 e. The maximum atomic E-state index is 10.1. The van der Waals surface area contributed by atoms with E-state index in [0.29, 0.717) is 6.54 Å². The number of hydrogen-bond acceptors (Lipinski definition) is 3. The molecule has 0 saturated heterocycles. The molecule has 0 aliphatic heterocycles. The number of nitrogens with one attached hydrogen (secondary N) is 1. The van der Waals surface area contributed by atoms with E-state index in [0.717, 1.165) is 17.7 Å². The minimum absolute atomic E-state index is 0.0219. The Balaban J connectivity index is 1.79. The Bertz CT molecular complexity index is 493. The van der Waals surface area contributed by atoms with Crippen molar-refractivity contribution in [3.63, 3.8) is 0 Å². The zero-order chi connectivity index (χ0) is 14.4. The number of benzene rings is 1. The summed E-state index contributed by atoms with van der Waals surface area (Å²) in [5, 5.41) is 15.6. The molecule has 0 bridgehead atoms. The minimum Gasteiger partial charge on any atom is -0.386 e. The van der Waals surface area contributed by atoms with Crippen LogP contribution in [0.4, 0.5) is 0 Å². The fraction of sp³-hybridized carbons (Fsp3) is 0.412. The molecule has 1 heterocycles. The van der Waals surface area contributed by atoms with Gasteiger partial charge in [0.2, 0.25) is 0 Å². The summed E-state index contributed by atoms with van der Waals surface area (Å²) in [6, 6.07) is 14.5. The second-order valence-electron chi connectivity index (χ2n) is 5.78. The molecule has 0 aliphatic carbocycles. The van der Waals surface area contributed by atoms with Crippen molar-refractivity contribution in [3.8, 4) is 0 Å². The van der Waals surface area contributed by atoms with Crippen LogP contribution in [0.2, 0.25) is 0 Å². The fourth-order valence-electron chi connectivity index (χ4n) is 2.14. The molecule has 20 heavy (non-hydrogen) atoms. The Hall–Kier alpha value is -1.16. The SMILES string of the molecule is CC(C)(CCc1ccccc1)NCC(O)c1cccs1. The van der Waals surface area contributed by atoms with Gasteiger partial charge in [0.25, 0.3) is 0 Å². The van der Waals surface area contributed by atoms with Gasteiger partial charge in [-0.05, 0) is 43.7 Å². The zero-order valence-corrected chi connectivity index (χ0v) is 13.0. The van der Waals surface area contributed by atoms with Gasteiger partial charge < -0.3 is 10.4 Å². The summed E-state index contributed by atoms with van der Waals surface area (Å²) in [4.78, 5) is 1.02. The first-order valence-electron chi connectivity index (χ1n) is 7.07. The first-order valence-corrected chi connectivity index (χ1v) is 7.95. The fourth-order valence-corrected chi connectivity index (χ4v) is 2.86. The molecule has 1 atom stereocenters. The second-order valence-corrected chi connectivity index (χ2v) is 6.76. The molecule has 0 aliphatic rings. The molecular weight excluding hydrogens is 266 g/mol. The van der Waals surface area contributed by atoms with Gasteiger partial charge in [0, 0.05) is 17.0 Å². The van der Waals surface area contributed by atoms with Crippen LogP contribution in [0.25, 0.3) is 0 Å². The van der Waals surface area contributed by atoms with E-state index in [9.17, 15) is 5.11 Å². The highest BCUT2D eigenvalue weighted by atomic mass is 32.1. The van der Waals surface area contributed by atoms with Crippen LogP contribution in [-0.2, 0) is 6.42 Å². The number of hydrogen-bond donors (Lipinski definition) is 2. The van der Waals surface area contributed by atoms with E-state index >= 15 is 0 Å². The van der Waals surface area contributed by atoms with Crippen molar-refractivity contribution >= 4 is 11.3 Å². The number of aliphatic hydroxyl groups excluding tert-OH is 1. The van der Waals surface area contributed by atoms with Gasteiger partial charge in [-0.2, -0.15) is 0 Å². The lowest BCUT2D eigenvalue weighted by atomic mass is 9.95. The first-order chi connectivity index (χ1) is 9.57. The third-order valence-corrected chi connectivity index (χ3v) is 4.50. The van der Waals surface area contributed by atoms with Gasteiger partial charge in [0.05, 0.1) is 0 Å². The van der Waals surface area contributed by atoms with E-state index in [2.05, 4.69) is 43.4 Å². The first kappa shape index (κ1) is 15.2. The quantitative estimate of drug-likeness (QED) is 0.813. The Morgan fingerprint density at radius 2 is 1.90 bits per heavy atom. The number of thiophene rings is 1. The van der Waals surface area contributed by atoms with E-state index in [1.807, 2.05) is 23.6 Å². The lowest BCUT2D eigenvalue weighted by Crippen LogP contribution is -2.41. The molecule has 2 rings (SSSR count). The molecule has 0 fully saturated rings. The third kappa shape index (κ3) is 4.75. The Morgan fingerprint density at radius 3 is 2.55 bits per heavy atom. The molecule has 2 nitrogen and oxygen atoms in total. The van der Waals surface area contributed by atoms with E-state index in [4.69, 9.17) is 0 Å². The summed E-state index contributed by atoms with van der Waals surface area (Å²) in [5.74, 6) is 0. The molecule has 1 aromatic heterocycles. The molecule has 2 aromatic rings. The van der Waals surface area contributed by atoms with Crippen molar-refractivity contribution in [1.82, 2.24) is 5.32 Å². The molecule has 3 heteroatoms. The summed E-state index contributed by atoms with van der Waals surface area (Å²) in [7, 11) is 0. The van der Waals surface area contributed by atoms with Crippen LogP contribution >= 0.6 is 11.3 Å². The summed E-state index contributed by atoms with van der Waals surface area (Å²) in [6.07, 6.45) is 1.69. The van der Waals surface area contributed by atoms with E-state index in [-0.39, 0.29) is 5.54 Å². The van der Waals surface area contributed by atoms with Crippen LogP contribution in [-0.4, -0.2) is 17.2 Å². The summed E-state index contributed by atoms with van der Waals surface area (Å²) < 4.78 is 0. The average molecular weight is 289 g/mol. The second kappa shape index (κ2) is 7.02. The van der Waals surface area contributed by atoms with Crippen molar-refractivity contribution < 1.29 is 5.11 Å². The molecule has 0 saturated carbocycles. The van der Waals surface area contributed by atoms with Gasteiger partial charge in [-0.25, -0.2) is 0 Å². The molecule has 0 spiro atoms. The van der Waals surface area contributed by atoms with Crippen molar-refractivity contribution in [2.45, 2.75) is 38.3 Å². The molecule has 2 N–H and O–H groups in total. The zero-order valence-electron chi connectivity index (χ0n) is 12.2. The molecule has 108 valence electrons. The highest BCUT2D eigenvalue weighted by Crippen LogP contribution is 2.20. The minimum atomic E-state index is -0.411. The van der Waals surface area contributed by atoms with Crippen LogP contribution in [0.3, 0.4) is 0 Å². The van der Waals surface area contributed by atoms with Crippen LogP contribution in [0.15, 0.2) is 47.8 Å². The van der Waals surface area contributed by atoms with Crippen LogP contribution < -0.4 is 5.32 Å². The van der Waals surface area contributed by atoms with Gasteiger partial charge in [-0.1, -0.05) is 36.4 Å². The van der Waals surface area contributed by atoms with E-state index in [1.54, 1.807) is 11.3 Å². The summed E-state index contributed by atoms with van der Waals surface area (Å²) >= 11 is 1.60.